The molecule has 0 aromatic heterocycles. The van der Waals surface area contributed by atoms with E-state index in [4.69, 9.17) is 21.1 Å². The maximum Gasteiger partial charge on any atom is 0.258 e. The first-order valence-corrected chi connectivity index (χ1v) is 9.64. The molecule has 0 aliphatic carbocycles. The van der Waals surface area contributed by atoms with Gasteiger partial charge >= 0.3 is 0 Å². The van der Waals surface area contributed by atoms with Crippen molar-refractivity contribution in [1.29, 1.82) is 0 Å². The quantitative estimate of drug-likeness (QED) is 0.759. The highest BCUT2D eigenvalue weighted by Crippen LogP contribution is 2.21. The van der Waals surface area contributed by atoms with E-state index in [0.717, 1.165) is 44.0 Å². The number of benzene rings is 2. The monoisotopic (exact) mass is 389 g/mol. The van der Waals surface area contributed by atoms with Crippen LogP contribution in [0.4, 0.5) is 0 Å². The Morgan fingerprint density at radius 3 is 2.67 bits per heavy atom. The van der Waals surface area contributed by atoms with E-state index in [1.165, 1.54) is 4.90 Å². The number of aryl methyl sites for hydroxylation is 1. The van der Waals surface area contributed by atoms with Crippen LogP contribution >= 0.6 is 11.6 Å². The second-order valence-electron chi connectivity index (χ2n) is 6.80. The molecule has 1 aliphatic rings. The average molecular weight is 390 g/mol. The lowest BCUT2D eigenvalue weighted by molar-refractivity contribution is -0.909. The standard InChI is InChI=1S/C21H25ClN2O3/c1-16-13-18(22)7-8-20(16)27-15-21(25)23-19(17-5-3-2-4-6-17)14-24-9-11-26-12-10-24/h2-8,13,19H,9-12,14-15H2,1H3,(H,23,25)/p+1/t19-/m1/s1. The molecule has 6 heteroatoms. The molecule has 0 unspecified atom stereocenters. The van der Waals surface area contributed by atoms with Gasteiger partial charge in [-0.2, -0.15) is 0 Å². The summed E-state index contributed by atoms with van der Waals surface area (Å²) in [7, 11) is 0. The summed E-state index contributed by atoms with van der Waals surface area (Å²) in [6.07, 6.45) is 0. The van der Waals surface area contributed by atoms with Crippen molar-refractivity contribution in [2.45, 2.75) is 13.0 Å². The van der Waals surface area contributed by atoms with E-state index in [0.29, 0.717) is 10.8 Å². The number of carbonyl (C=O) groups excluding carboxylic acids is 1. The molecule has 144 valence electrons. The highest BCUT2D eigenvalue weighted by atomic mass is 35.5. The molecule has 0 saturated carbocycles. The summed E-state index contributed by atoms with van der Waals surface area (Å²) in [5, 5.41) is 3.78. The van der Waals surface area contributed by atoms with Gasteiger partial charge in [-0.25, -0.2) is 0 Å². The van der Waals surface area contributed by atoms with E-state index in [9.17, 15) is 4.79 Å². The van der Waals surface area contributed by atoms with E-state index >= 15 is 0 Å². The van der Waals surface area contributed by atoms with Crippen LogP contribution in [0.1, 0.15) is 17.2 Å². The molecule has 27 heavy (non-hydrogen) atoms. The van der Waals surface area contributed by atoms with Gasteiger partial charge in [0.25, 0.3) is 5.91 Å². The number of amides is 1. The molecular weight excluding hydrogens is 364 g/mol. The van der Waals surface area contributed by atoms with Crippen molar-refractivity contribution in [3.8, 4) is 5.75 Å². The van der Waals surface area contributed by atoms with Crippen LogP contribution in [0.15, 0.2) is 48.5 Å². The summed E-state index contributed by atoms with van der Waals surface area (Å²) < 4.78 is 11.1. The van der Waals surface area contributed by atoms with Crippen molar-refractivity contribution in [3.63, 3.8) is 0 Å². The van der Waals surface area contributed by atoms with Crippen LogP contribution in [-0.4, -0.2) is 45.4 Å². The predicted octanol–water partition coefficient (Wildman–Crippen LogP) is 1.80. The van der Waals surface area contributed by atoms with Crippen LogP contribution in [0.25, 0.3) is 0 Å². The van der Waals surface area contributed by atoms with E-state index in [1.807, 2.05) is 31.2 Å². The number of morpholine rings is 1. The fourth-order valence-corrected chi connectivity index (χ4v) is 3.47. The summed E-state index contributed by atoms with van der Waals surface area (Å²) in [4.78, 5) is 14.0. The fourth-order valence-electron chi connectivity index (χ4n) is 3.24. The number of rotatable bonds is 7. The Bertz CT molecular complexity index is 748. The highest BCUT2D eigenvalue weighted by molar-refractivity contribution is 6.30. The zero-order valence-corrected chi connectivity index (χ0v) is 16.3. The third kappa shape index (κ3) is 5.96. The molecule has 1 atom stereocenters. The third-order valence-electron chi connectivity index (χ3n) is 4.73. The second kappa shape index (κ2) is 9.74. The van der Waals surface area contributed by atoms with Crippen LogP contribution in [0.5, 0.6) is 5.75 Å². The molecule has 2 aromatic rings. The third-order valence-corrected chi connectivity index (χ3v) is 4.96. The van der Waals surface area contributed by atoms with E-state index in [-0.39, 0.29) is 18.6 Å². The minimum absolute atomic E-state index is 0.0236. The van der Waals surface area contributed by atoms with Gasteiger partial charge in [-0.05, 0) is 36.2 Å². The molecule has 0 spiro atoms. The van der Waals surface area contributed by atoms with Gasteiger partial charge in [-0.15, -0.1) is 0 Å². The lowest BCUT2D eigenvalue weighted by atomic mass is 10.1. The Kier molecular flexibility index (Phi) is 7.10. The molecule has 2 aromatic carbocycles. The smallest absolute Gasteiger partial charge is 0.258 e. The molecule has 1 fully saturated rings. The number of quaternary nitrogens is 1. The minimum atomic E-state index is -0.133. The number of ether oxygens (including phenoxy) is 2. The number of carbonyl (C=O) groups is 1. The first-order valence-electron chi connectivity index (χ1n) is 9.26. The largest absolute Gasteiger partial charge is 0.484 e. The summed E-state index contributed by atoms with van der Waals surface area (Å²) in [6, 6.07) is 15.4. The van der Waals surface area contributed by atoms with Crippen LogP contribution in [0, 0.1) is 6.92 Å². The zero-order valence-electron chi connectivity index (χ0n) is 15.5. The van der Waals surface area contributed by atoms with Crippen molar-refractivity contribution < 1.29 is 19.2 Å². The van der Waals surface area contributed by atoms with Gasteiger partial charge in [0.15, 0.2) is 6.61 Å². The first-order chi connectivity index (χ1) is 13.1. The Morgan fingerprint density at radius 1 is 1.22 bits per heavy atom. The average Bonchev–Trinajstić information content (AvgIpc) is 2.68. The van der Waals surface area contributed by atoms with Crippen molar-refractivity contribution in [2.75, 3.05) is 39.5 Å². The fraction of sp³-hybridized carbons (Fsp3) is 0.381. The Labute approximate surface area is 165 Å². The Morgan fingerprint density at radius 2 is 1.96 bits per heavy atom. The topological polar surface area (TPSA) is 52.0 Å². The molecule has 1 amide bonds. The Balaban J connectivity index is 1.61. The van der Waals surface area contributed by atoms with E-state index < -0.39 is 0 Å². The highest BCUT2D eigenvalue weighted by Gasteiger charge is 2.23. The summed E-state index contributed by atoms with van der Waals surface area (Å²) in [5.41, 5.74) is 2.01. The molecule has 2 N–H and O–H groups in total. The molecular formula is C21H26ClN2O3+. The maximum absolute atomic E-state index is 12.5. The summed E-state index contributed by atoms with van der Waals surface area (Å²) in [6.45, 7) is 6.17. The van der Waals surface area contributed by atoms with Crippen LogP contribution in [-0.2, 0) is 9.53 Å². The van der Waals surface area contributed by atoms with Gasteiger partial charge in [0.2, 0.25) is 0 Å². The van der Waals surface area contributed by atoms with Crippen LogP contribution < -0.4 is 15.0 Å². The molecule has 3 rings (SSSR count). The van der Waals surface area contributed by atoms with E-state index in [1.54, 1.807) is 12.1 Å². The van der Waals surface area contributed by atoms with Gasteiger partial charge in [0, 0.05) is 5.02 Å². The summed E-state index contributed by atoms with van der Waals surface area (Å²) >= 11 is 5.96. The molecule has 1 saturated heterocycles. The molecule has 1 aliphatic heterocycles. The molecule has 1 heterocycles. The number of halogens is 1. The maximum atomic E-state index is 12.5. The second-order valence-corrected chi connectivity index (χ2v) is 7.23. The molecule has 5 nitrogen and oxygen atoms in total. The van der Waals surface area contributed by atoms with Crippen LogP contribution in [0.2, 0.25) is 5.02 Å². The molecule has 0 bridgehead atoms. The zero-order chi connectivity index (χ0) is 19.1. The van der Waals surface area contributed by atoms with E-state index in [2.05, 4.69) is 17.4 Å². The van der Waals surface area contributed by atoms with Gasteiger partial charge in [0.1, 0.15) is 31.4 Å². The van der Waals surface area contributed by atoms with Crippen molar-refractivity contribution in [1.82, 2.24) is 5.32 Å². The predicted molar refractivity (Wildman–Crippen MR) is 105 cm³/mol. The normalized spacial score (nSPS) is 15.9. The van der Waals surface area contributed by atoms with Crippen LogP contribution in [0.3, 0.4) is 0 Å². The number of hydrogen-bond donors (Lipinski definition) is 2. The van der Waals surface area contributed by atoms with Crippen molar-refractivity contribution in [2.24, 2.45) is 0 Å². The van der Waals surface area contributed by atoms with Crippen molar-refractivity contribution in [3.05, 3.63) is 64.7 Å². The van der Waals surface area contributed by atoms with Crippen molar-refractivity contribution >= 4 is 17.5 Å². The lowest BCUT2D eigenvalue weighted by Gasteiger charge is -2.28. The SMILES string of the molecule is Cc1cc(Cl)ccc1OCC(=O)N[C@H](C[NH+]1CCOCC1)c1ccccc1. The Hall–Kier alpha value is -2.08. The molecule has 0 radical (unpaired) electrons. The number of hydrogen-bond acceptors (Lipinski definition) is 3. The van der Waals surface area contributed by atoms with Gasteiger partial charge in [-0.1, -0.05) is 41.9 Å². The van der Waals surface area contributed by atoms with Gasteiger partial charge < -0.3 is 19.7 Å². The summed E-state index contributed by atoms with van der Waals surface area (Å²) in [5.74, 6) is 0.537. The first kappa shape index (κ1) is 19.7. The number of nitrogens with one attached hydrogen (secondary N) is 2. The van der Waals surface area contributed by atoms with Gasteiger partial charge in [-0.3, -0.25) is 4.79 Å². The lowest BCUT2D eigenvalue weighted by Crippen LogP contribution is -3.14. The minimum Gasteiger partial charge on any atom is -0.484 e. The van der Waals surface area contributed by atoms with Gasteiger partial charge in [0.05, 0.1) is 13.2 Å².